The second kappa shape index (κ2) is 5.06. The first-order valence-corrected chi connectivity index (χ1v) is 6.64. The highest BCUT2D eigenvalue weighted by Gasteiger charge is 2.14. The second-order valence-electron chi connectivity index (χ2n) is 4.69. The average molecular weight is 301 g/mol. The predicted molar refractivity (Wildman–Crippen MR) is 83.2 cm³/mol. The monoisotopic (exact) mass is 300 g/mol. The van der Waals surface area contributed by atoms with Crippen LogP contribution in [0.25, 0.3) is 17.1 Å². The van der Waals surface area contributed by atoms with Crippen molar-refractivity contribution in [1.82, 2.24) is 20.2 Å². The quantitative estimate of drug-likeness (QED) is 0.709. The predicted octanol–water partition coefficient (Wildman–Crippen LogP) is 2.46. The van der Waals surface area contributed by atoms with Crippen LogP contribution in [-0.2, 0) is 0 Å². The summed E-state index contributed by atoms with van der Waals surface area (Å²) in [5.41, 5.74) is 15.3. The lowest BCUT2D eigenvalue weighted by molar-refractivity contribution is 0.791. The average Bonchev–Trinajstić information content (AvgIpc) is 2.91. The van der Waals surface area contributed by atoms with Crippen LogP contribution in [0.3, 0.4) is 0 Å². The smallest absolute Gasteiger partial charge is 0.189 e. The van der Waals surface area contributed by atoms with E-state index in [0.717, 1.165) is 11.3 Å². The van der Waals surface area contributed by atoms with E-state index in [9.17, 15) is 0 Å². The maximum absolute atomic E-state index is 6.16. The lowest BCUT2D eigenvalue weighted by Crippen LogP contribution is -2.02. The number of tetrazole rings is 1. The Morgan fingerprint density at radius 3 is 2.62 bits per heavy atom. The summed E-state index contributed by atoms with van der Waals surface area (Å²) >= 11 is 6.16. The van der Waals surface area contributed by atoms with E-state index < -0.39 is 0 Å². The molecule has 0 spiro atoms. The van der Waals surface area contributed by atoms with E-state index in [0.29, 0.717) is 27.8 Å². The van der Waals surface area contributed by atoms with Gasteiger partial charge in [0.25, 0.3) is 0 Å². The van der Waals surface area contributed by atoms with Crippen molar-refractivity contribution < 1.29 is 0 Å². The van der Waals surface area contributed by atoms with Crippen LogP contribution in [0, 0.1) is 6.92 Å². The van der Waals surface area contributed by atoms with Gasteiger partial charge in [-0.1, -0.05) is 17.7 Å². The standard InChI is InChI=1S/C14H13ClN6/c1-8-2-4-10(7-12(8)15)21-14(18-19-20-21)11-5-3-9(16)6-13(11)17/h2-7H,16-17H2,1H3. The number of aromatic nitrogens is 4. The Bertz CT molecular complexity index is 811. The van der Waals surface area contributed by atoms with Gasteiger partial charge in [0.1, 0.15) is 0 Å². The van der Waals surface area contributed by atoms with Crippen molar-refractivity contribution in [2.24, 2.45) is 0 Å². The van der Waals surface area contributed by atoms with Crippen molar-refractivity contribution >= 4 is 23.0 Å². The Labute approximate surface area is 126 Å². The molecule has 1 aromatic heterocycles. The number of nitrogen functional groups attached to an aromatic ring is 2. The van der Waals surface area contributed by atoms with Crippen molar-refractivity contribution in [3.8, 4) is 17.1 Å². The Hall–Kier alpha value is -2.60. The zero-order valence-electron chi connectivity index (χ0n) is 11.3. The van der Waals surface area contributed by atoms with Crippen LogP contribution < -0.4 is 11.5 Å². The Morgan fingerprint density at radius 1 is 1.10 bits per heavy atom. The summed E-state index contributed by atoms with van der Waals surface area (Å²) in [6.07, 6.45) is 0. The van der Waals surface area contributed by atoms with Crippen LogP contribution in [-0.4, -0.2) is 20.2 Å². The number of benzene rings is 2. The SMILES string of the molecule is Cc1ccc(-n2nnnc2-c2ccc(N)cc2N)cc1Cl. The molecule has 0 bridgehead atoms. The van der Waals surface area contributed by atoms with E-state index in [1.54, 1.807) is 22.9 Å². The molecule has 0 unspecified atom stereocenters. The third-order valence-electron chi connectivity index (χ3n) is 3.19. The first kappa shape index (κ1) is 13.4. The van der Waals surface area contributed by atoms with Gasteiger partial charge in [-0.15, -0.1) is 5.10 Å². The van der Waals surface area contributed by atoms with Gasteiger partial charge in [0.2, 0.25) is 0 Å². The highest BCUT2D eigenvalue weighted by Crippen LogP contribution is 2.28. The van der Waals surface area contributed by atoms with Crippen LogP contribution in [0.4, 0.5) is 11.4 Å². The number of nitrogens with zero attached hydrogens (tertiary/aromatic N) is 4. The molecule has 0 amide bonds. The number of rotatable bonds is 2. The molecule has 0 atom stereocenters. The third kappa shape index (κ3) is 2.41. The molecule has 1 heterocycles. The van der Waals surface area contributed by atoms with Crippen LogP contribution in [0.1, 0.15) is 5.56 Å². The molecule has 0 aliphatic heterocycles. The number of hydrogen-bond donors (Lipinski definition) is 2. The molecule has 0 aliphatic carbocycles. The fourth-order valence-corrected chi connectivity index (χ4v) is 2.20. The molecular formula is C14H13ClN6. The van der Waals surface area contributed by atoms with E-state index in [4.69, 9.17) is 23.1 Å². The van der Waals surface area contributed by atoms with Gasteiger partial charge in [0, 0.05) is 22.0 Å². The molecule has 6 nitrogen and oxygen atoms in total. The highest BCUT2D eigenvalue weighted by atomic mass is 35.5. The molecule has 0 radical (unpaired) electrons. The normalized spacial score (nSPS) is 10.8. The Morgan fingerprint density at radius 2 is 1.90 bits per heavy atom. The van der Waals surface area contributed by atoms with Crippen molar-refractivity contribution in [2.45, 2.75) is 6.92 Å². The van der Waals surface area contributed by atoms with Crippen LogP contribution >= 0.6 is 11.6 Å². The number of anilines is 2. The zero-order valence-corrected chi connectivity index (χ0v) is 12.0. The molecule has 7 heteroatoms. The third-order valence-corrected chi connectivity index (χ3v) is 3.59. The largest absolute Gasteiger partial charge is 0.399 e. The van der Waals surface area contributed by atoms with Crippen molar-refractivity contribution in [2.75, 3.05) is 11.5 Å². The van der Waals surface area contributed by atoms with Gasteiger partial charge < -0.3 is 11.5 Å². The van der Waals surface area contributed by atoms with Gasteiger partial charge in [-0.05, 0) is 53.2 Å². The number of nitrogens with two attached hydrogens (primary N) is 2. The molecule has 106 valence electrons. The van der Waals surface area contributed by atoms with Crippen molar-refractivity contribution in [1.29, 1.82) is 0 Å². The van der Waals surface area contributed by atoms with Crippen LogP contribution in [0.2, 0.25) is 5.02 Å². The van der Waals surface area contributed by atoms with E-state index in [2.05, 4.69) is 15.5 Å². The summed E-state index contributed by atoms with van der Waals surface area (Å²) in [6, 6.07) is 10.8. The van der Waals surface area contributed by atoms with Crippen molar-refractivity contribution in [3.05, 3.63) is 47.0 Å². The molecule has 0 aliphatic rings. The van der Waals surface area contributed by atoms with E-state index in [-0.39, 0.29) is 0 Å². The summed E-state index contributed by atoms with van der Waals surface area (Å²) in [5, 5.41) is 12.4. The molecule has 4 N–H and O–H groups in total. The fraction of sp³-hybridized carbons (Fsp3) is 0.0714. The molecule has 0 fully saturated rings. The molecule has 0 saturated heterocycles. The summed E-state index contributed by atoms with van der Waals surface area (Å²) in [6.45, 7) is 1.94. The summed E-state index contributed by atoms with van der Waals surface area (Å²) in [7, 11) is 0. The molecule has 21 heavy (non-hydrogen) atoms. The van der Waals surface area contributed by atoms with E-state index in [1.165, 1.54) is 0 Å². The lowest BCUT2D eigenvalue weighted by atomic mass is 10.1. The minimum atomic E-state index is 0.518. The summed E-state index contributed by atoms with van der Waals surface area (Å²) < 4.78 is 1.59. The van der Waals surface area contributed by atoms with E-state index in [1.807, 2.05) is 25.1 Å². The van der Waals surface area contributed by atoms with E-state index >= 15 is 0 Å². The first-order valence-electron chi connectivity index (χ1n) is 6.26. The van der Waals surface area contributed by atoms with Gasteiger partial charge in [0.15, 0.2) is 5.82 Å². The van der Waals surface area contributed by atoms with Gasteiger partial charge in [-0.25, -0.2) is 0 Å². The molecule has 3 rings (SSSR count). The summed E-state index contributed by atoms with van der Waals surface area (Å²) in [4.78, 5) is 0. The Kier molecular flexibility index (Phi) is 3.23. The van der Waals surface area contributed by atoms with Crippen molar-refractivity contribution in [3.63, 3.8) is 0 Å². The lowest BCUT2D eigenvalue weighted by Gasteiger charge is -2.08. The molecular weight excluding hydrogens is 288 g/mol. The highest BCUT2D eigenvalue weighted by molar-refractivity contribution is 6.31. The van der Waals surface area contributed by atoms with Gasteiger partial charge in [0.05, 0.1) is 5.69 Å². The zero-order chi connectivity index (χ0) is 15.0. The maximum Gasteiger partial charge on any atom is 0.189 e. The second-order valence-corrected chi connectivity index (χ2v) is 5.10. The molecule has 2 aromatic carbocycles. The minimum Gasteiger partial charge on any atom is -0.399 e. The van der Waals surface area contributed by atoms with Gasteiger partial charge in [-0.3, -0.25) is 0 Å². The maximum atomic E-state index is 6.16. The minimum absolute atomic E-state index is 0.518. The first-order chi connectivity index (χ1) is 10.1. The van der Waals surface area contributed by atoms with Crippen LogP contribution in [0.15, 0.2) is 36.4 Å². The van der Waals surface area contributed by atoms with Gasteiger partial charge >= 0.3 is 0 Å². The van der Waals surface area contributed by atoms with Gasteiger partial charge in [-0.2, -0.15) is 4.68 Å². The molecule has 3 aromatic rings. The number of halogens is 1. The fourth-order valence-electron chi connectivity index (χ4n) is 2.03. The summed E-state index contributed by atoms with van der Waals surface area (Å²) in [5.74, 6) is 0.535. The Balaban J connectivity index is 2.14. The topological polar surface area (TPSA) is 95.6 Å². The molecule has 0 saturated carbocycles. The van der Waals surface area contributed by atoms with Crippen LogP contribution in [0.5, 0.6) is 0 Å². The number of hydrogen-bond acceptors (Lipinski definition) is 5. The number of aryl methyl sites for hydroxylation is 1.